The van der Waals surface area contributed by atoms with Crippen LogP contribution in [0, 0.1) is 19.7 Å². The van der Waals surface area contributed by atoms with Crippen LogP contribution < -0.4 is 15.0 Å². The number of methoxy groups -OCH3 is 1. The molecule has 1 N–H and O–H groups in total. The van der Waals surface area contributed by atoms with Gasteiger partial charge >= 0.3 is 0 Å². The third-order valence-corrected chi connectivity index (χ3v) is 6.62. The van der Waals surface area contributed by atoms with Crippen molar-refractivity contribution >= 4 is 23.0 Å². The Labute approximate surface area is 203 Å². The maximum absolute atomic E-state index is 13.6. The maximum Gasteiger partial charge on any atom is 0.174 e. The highest BCUT2D eigenvalue weighted by molar-refractivity contribution is 7.80. The zero-order valence-electron chi connectivity index (χ0n) is 19.2. The van der Waals surface area contributed by atoms with Crippen molar-refractivity contribution in [1.29, 1.82) is 0 Å². The maximum atomic E-state index is 13.6. The van der Waals surface area contributed by atoms with Gasteiger partial charge < -0.3 is 19.5 Å². The van der Waals surface area contributed by atoms with E-state index >= 15 is 0 Å². The van der Waals surface area contributed by atoms with E-state index in [0.717, 1.165) is 39.8 Å². The number of rotatable bonds is 5. The molecule has 0 amide bonds. The first-order valence-corrected chi connectivity index (χ1v) is 11.5. The van der Waals surface area contributed by atoms with Crippen molar-refractivity contribution in [1.82, 2.24) is 14.9 Å². The molecule has 34 heavy (non-hydrogen) atoms. The van der Waals surface area contributed by atoms with Crippen LogP contribution in [0.1, 0.15) is 34.7 Å². The number of hydrogen-bond donors (Lipinski definition) is 1. The van der Waals surface area contributed by atoms with Gasteiger partial charge in [0, 0.05) is 35.0 Å². The number of thiocarbonyl (C=S) groups is 1. The number of ether oxygens (including phenoxy) is 1. The Kier molecular flexibility index (Phi) is 5.79. The molecule has 172 valence electrons. The lowest BCUT2D eigenvalue weighted by Gasteiger charge is -2.28. The topological polar surface area (TPSA) is 42.3 Å². The van der Waals surface area contributed by atoms with Crippen LogP contribution >= 0.6 is 12.2 Å². The molecule has 5 nitrogen and oxygen atoms in total. The second-order valence-corrected chi connectivity index (χ2v) is 8.72. The Morgan fingerprint density at radius 3 is 2.47 bits per heavy atom. The molecule has 0 spiro atoms. The van der Waals surface area contributed by atoms with Crippen LogP contribution in [0.2, 0.25) is 0 Å². The summed E-state index contributed by atoms with van der Waals surface area (Å²) in [6, 6.07) is 22.3. The third-order valence-electron chi connectivity index (χ3n) is 6.30. The van der Waals surface area contributed by atoms with Crippen LogP contribution in [-0.2, 0) is 0 Å². The van der Waals surface area contributed by atoms with E-state index in [9.17, 15) is 4.39 Å². The van der Waals surface area contributed by atoms with Gasteiger partial charge in [-0.2, -0.15) is 0 Å². The SMILES string of the molecule is COc1cccc(N2C(=S)N[C@H](c3ccccn3)[C@@H]2c2cc(C)n(-c3ccc(F)cc3)c2C)c1. The Morgan fingerprint density at radius 2 is 1.76 bits per heavy atom. The minimum atomic E-state index is -0.254. The Balaban J connectivity index is 1.68. The predicted octanol–water partition coefficient (Wildman–Crippen LogP) is 5.81. The van der Waals surface area contributed by atoms with Crippen molar-refractivity contribution in [2.75, 3.05) is 12.0 Å². The second kappa shape index (κ2) is 8.91. The van der Waals surface area contributed by atoms with E-state index in [0.29, 0.717) is 5.11 Å². The number of aryl methyl sites for hydroxylation is 1. The van der Waals surface area contributed by atoms with Gasteiger partial charge in [0.2, 0.25) is 0 Å². The Bertz CT molecular complexity index is 1340. The molecule has 1 aliphatic heterocycles. The van der Waals surface area contributed by atoms with Crippen LogP contribution in [0.4, 0.5) is 10.1 Å². The molecule has 3 heterocycles. The number of anilines is 1. The number of nitrogens with one attached hydrogen (secondary N) is 1. The highest BCUT2D eigenvalue weighted by atomic mass is 32.1. The minimum absolute atomic E-state index is 0.144. The molecule has 1 saturated heterocycles. The smallest absolute Gasteiger partial charge is 0.174 e. The number of halogens is 1. The quantitative estimate of drug-likeness (QED) is 0.371. The number of aromatic nitrogens is 2. The van der Waals surface area contributed by atoms with Gasteiger partial charge in [-0.1, -0.05) is 12.1 Å². The molecule has 2 aromatic carbocycles. The van der Waals surface area contributed by atoms with E-state index in [1.165, 1.54) is 12.1 Å². The first-order chi connectivity index (χ1) is 16.5. The van der Waals surface area contributed by atoms with Crippen molar-refractivity contribution in [2.45, 2.75) is 25.9 Å². The van der Waals surface area contributed by atoms with E-state index in [4.69, 9.17) is 17.0 Å². The van der Waals surface area contributed by atoms with Crippen LogP contribution in [0.15, 0.2) is 79.0 Å². The average Bonchev–Trinajstić information content (AvgIpc) is 3.35. The fourth-order valence-electron chi connectivity index (χ4n) is 4.78. The molecule has 0 radical (unpaired) electrons. The van der Waals surface area contributed by atoms with Crippen molar-refractivity contribution < 1.29 is 9.13 Å². The van der Waals surface area contributed by atoms with Crippen LogP contribution in [0.5, 0.6) is 5.75 Å². The second-order valence-electron chi connectivity index (χ2n) is 8.34. The van der Waals surface area contributed by atoms with Crippen molar-refractivity contribution in [3.05, 3.63) is 107 Å². The summed E-state index contributed by atoms with van der Waals surface area (Å²) in [5.41, 5.74) is 6.00. The molecular weight excluding hydrogens is 447 g/mol. The summed E-state index contributed by atoms with van der Waals surface area (Å²) < 4.78 is 21.2. The van der Waals surface area contributed by atoms with E-state index < -0.39 is 0 Å². The standard InChI is InChI=1S/C27H25FN4OS/c1-17-15-23(18(2)31(17)20-12-10-19(28)11-13-20)26-25(24-9-4-5-14-29-24)30-27(34)32(26)21-7-6-8-22(16-21)33-3/h4-16,25-26H,1-3H3,(H,30,34)/t25-,26+/m1/s1. The molecule has 2 aromatic heterocycles. The molecule has 4 aromatic rings. The van der Waals surface area contributed by atoms with Crippen molar-refractivity contribution in [3.8, 4) is 11.4 Å². The molecule has 5 rings (SSSR count). The molecule has 0 unspecified atom stereocenters. The van der Waals surface area contributed by atoms with Gasteiger partial charge in [-0.3, -0.25) is 4.98 Å². The van der Waals surface area contributed by atoms with Gasteiger partial charge in [0.25, 0.3) is 0 Å². The highest BCUT2D eigenvalue weighted by Gasteiger charge is 2.42. The largest absolute Gasteiger partial charge is 0.497 e. The van der Waals surface area contributed by atoms with Crippen LogP contribution in [0.3, 0.4) is 0 Å². The predicted molar refractivity (Wildman–Crippen MR) is 136 cm³/mol. The summed E-state index contributed by atoms with van der Waals surface area (Å²) in [6.07, 6.45) is 1.80. The van der Waals surface area contributed by atoms with E-state index in [-0.39, 0.29) is 17.9 Å². The molecule has 0 saturated carbocycles. The van der Waals surface area contributed by atoms with E-state index in [2.05, 4.69) is 39.7 Å². The first-order valence-electron chi connectivity index (χ1n) is 11.1. The summed E-state index contributed by atoms with van der Waals surface area (Å²) in [6.45, 7) is 4.15. The molecule has 0 bridgehead atoms. The third kappa shape index (κ3) is 3.82. The molecule has 0 aliphatic carbocycles. The fourth-order valence-corrected chi connectivity index (χ4v) is 5.13. The lowest BCUT2D eigenvalue weighted by Crippen LogP contribution is -2.29. The fraction of sp³-hybridized carbons (Fsp3) is 0.185. The van der Waals surface area contributed by atoms with Crippen molar-refractivity contribution in [2.24, 2.45) is 0 Å². The molecule has 7 heteroatoms. The normalized spacial score (nSPS) is 17.6. The van der Waals surface area contributed by atoms with E-state index in [1.807, 2.05) is 42.5 Å². The Morgan fingerprint density at radius 1 is 0.971 bits per heavy atom. The highest BCUT2D eigenvalue weighted by Crippen LogP contribution is 2.44. The summed E-state index contributed by atoms with van der Waals surface area (Å²) in [5.74, 6) is 0.508. The number of pyridine rings is 1. The average molecular weight is 473 g/mol. The first kappa shape index (κ1) is 22.1. The van der Waals surface area contributed by atoms with Gasteiger partial charge in [-0.05, 0) is 86.2 Å². The van der Waals surface area contributed by atoms with Gasteiger partial charge in [-0.15, -0.1) is 0 Å². The molecule has 1 aliphatic rings. The summed E-state index contributed by atoms with van der Waals surface area (Å²) in [4.78, 5) is 6.77. The van der Waals surface area contributed by atoms with Gasteiger partial charge in [0.1, 0.15) is 11.6 Å². The summed E-state index contributed by atoms with van der Waals surface area (Å²) in [7, 11) is 1.66. The molecular formula is C27H25FN4OS. The molecule has 1 fully saturated rings. The number of hydrogen-bond acceptors (Lipinski definition) is 3. The van der Waals surface area contributed by atoms with Gasteiger partial charge in [0.15, 0.2) is 5.11 Å². The minimum Gasteiger partial charge on any atom is -0.497 e. The van der Waals surface area contributed by atoms with Crippen LogP contribution in [0.25, 0.3) is 5.69 Å². The zero-order valence-corrected chi connectivity index (χ0v) is 20.0. The summed E-state index contributed by atoms with van der Waals surface area (Å²) >= 11 is 5.84. The van der Waals surface area contributed by atoms with Gasteiger partial charge in [-0.25, -0.2) is 4.39 Å². The van der Waals surface area contributed by atoms with Crippen molar-refractivity contribution in [3.63, 3.8) is 0 Å². The van der Waals surface area contributed by atoms with Gasteiger partial charge in [0.05, 0.1) is 24.9 Å². The lowest BCUT2D eigenvalue weighted by atomic mass is 9.96. The zero-order chi connectivity index (χ0) is 23.8. The number of benzene rings is 2. The van der Waals surface area contributed by atoms with Crippen LogP contribution in [-0.4, -0.2) is 21.8 Å². The van der Waals surface area contributed by atoms with E-state index in [1.54, 1.807) is 25.4 Å². The lowest BCUT2D eigenvalue weighted by molar-refractivity contribution is 0.415. The number of nitrogens with zero attached hydrogens (tertiary/aromatic N) is 3. The molecule has 2 atom stereocenters. The summed E-state index contributed by atoms with van der Waals surface area (Å²) in [5, 5.41) is 4.13. The Hall–Kier alpha value is -3.71. The monoisotopic (exact) mass is 472 g/mol.